The summed E-state index contributed by atoms with van der Waals surface area (Å²) >= 11 is 0. The summed E-state index contributed by atoms with van der Waals surface area (Å²) in [5.74, 6) is 6.21. The first-order valence-corrected chi connectivity index (χ1v) is 20.6. The smallest absolute Gasteiger partial charge is 0.265 e. The fourth-order valence-electron chi connectivity index (χ4n) is 10.1. The first-order valence-electron chi connectivity index (χ1n) is 20.6. The number of hydrogen-bond acceptors (Lipinski definition) is 6. The minimum atomic E-state index is -0.224. The molecule has 2 bridgehead atoms. The molecule has 284 valence electrons. The van der Waals surface area contributed by atoms with Crippen LogP contribution in [-0.2, 0) is 5.41 Å². The molecule has 8 aromatic rings. The van der Waals surface area contributed by atoms with Gasteiger partial charge in [-0.05, 0) is 106 Å². The van der Waals surface area contributed by atoms with Crippen LogP contribution in [-0.4, -0.2) is 13.4 Å². The lowest BCUT2D eigenvalue weighted by atomic mass is 9.31. The summed E-state index contributed by atoms with van der Waals surface area (Å²) in [4.78, 5) is 4.63. The molecule has 8 heteroatoms. The molecule has 0 radical (unpaired) electrons. The second kappa shape index (κ2) is 12.1. The van der Waals surface area contributed by atoms with Crippen LogP contribution in [0.4, 0.5) is 34.1 Å². The van der Waals surface area contributed by atoms with Gasteiger partial charge < -0.3 is 28.7 Å². The van der Waals surface area contributed by atoms with Crippen LogP contribution >= 0.6 is 0 Å². The Morgan fingerprint density at radius 1 is 0.400 bits per heavy atom. The minimum absolute atomic E-state index is 0.130. The highest BCUT2D eigenvalue weighted by Crippen LogP contribution is 2.48. The van der Waals surface area contributed by atoms with E-state index in [0.717, 1.165) is 113 Å². The topological polar surface area (TPSA) is 43.4 Å². The first kappa shape index (κ1) is 33.6. The summed E-state index contributed by atoms with van der Waals surface area (Å²) in [6.07, 6.45) is 0. The van der Waals surface area contributed by atoms with E-state index in [2.05, 4.69) is 176 Å². The number of benzene rings is 8. The van der Waals surface area contributed by atoms with E-state index < -0.39 is 0 Å². The van der Waals surface area contributed by atoms with E-state index in [4.69, 9.17) is 18.9 Å². The zero-order valence-corrected chi connectivity index (χ0v) is 33.3. The van der Waals surface area contributed by atoms with Crippen LogP contribution in [0.1, 0.15) is 26.3 Å². The fourth-order valence-corrected chi connectivity index (χ4v) is 10.1. The Labute approximate surface area is 349 Å². The Morgan fingerprint density at radius 2 is 0.883 bits per heavy atom. The van der Waals surface area contributed by atoms with Crippen LogP contribution in [0.2, 0.25) is 0 Å². The van der Waals surface area contributed by atoms with Gasteiger partial charge in [0.1, 0.15) is 46.0 Å². The standard InChI is InChI=1S/C52H36B2N2O4/c1-52(2,3)31-25-39-49-45(26-31)59-43-30-44-37-29-36(43)53(49)48-38(56(39)34-19-11-6-12-20-34)21-13-22-40(48)57-41-23-14-24-42-50(41)54(37)51-46(58-42)27-35(28-47(51)60-44)55(32-15-7-4-8-16-32)33-17-9-5-10-18-33/h4-30H,1-3H3. The number of para-hydroxylation sites is 3. The van der Waals surface area contributed by atoms with Crippen molar-refractivity contribution in [3.8, 4) is 46.0 Å². The van der Waals surface area contributed by atoms with Gasteiger partial charge >= 0.3 is 0 Å². The van der Waals surface area contributed by atoms with E-state index in [1.54, 1.807) is 0 Å². The number of rotatable bonds is 4. The van der Waals surface area contributed by atoms with E-state index in [-0.39, 0.29) is 18.8 Å². The van der Waals surface area contributed by atoms with Crippen molar-refractivity contribution in [2.24, 2.45) is 0 Å². The maximum atomic E-state index is 7.29. The van der Waals surface area contributed by atoms with Gasteiger partial charge in [0.15, 0.2) is 0 Å². The molecule has 5 aliphatic rings. The monoisotopic (exact) mass is 774 g/mol. The molecule has 0 saturated heterocycles. The van der Waals surface area contributed by atoms with Crippen molar-refractivity contribution in [3.05, 3.63) is 169 Å². The van der Waals surface area contributed by atoms with Crippen molar-refractivity contribution in [2.45, 2.75) is 26.2 Å². The van der Waals surface area contributed by atoms with Gasteiger partial charge in [0.05, 0.1) is 5.69 Å². The van der Waals surface area contributed by atoms with Crippen LogP contribution < -0.4 is 61.5 Å². The summed E-state index contributed by atoms with van der Waals surface area (Å²) in [5.41, 5.74) is 13.7. The van der Waals surface area contributed by atoms with E-state index in [0.29, 0.717) is 0 Å². The van der Waals surface area contributed by atoms with Crippen LogP contribution in [0.5, 0.6) is 46.0 Å². The summed E-state index contributed by atoms with van der Waals surface area (Å²) in [7, 11) is 0. The van der Waals surface area contributed by atoms with Gasteiger partial charge in [-0.2, -0.15) is 0 Å². The number of anilines is 6. The fraction of sp³-hybridized carbons (Fsp3) is 0.0769. The van der Waals surface area contributed by atoms with Gasteiger partial charge in [0.2, 0.25) is 0 Å². The largest absolute Gasteiger partial charge is 0.458 e. The predicted molar refractivity (Wildman–Crippen MR) is 243 cm³/mol. The van der Waals surface area contributed by atoms with Crippen LogP contribution in [0.15, 0.2) is 164 Å². The molecule has 0 amide bonds. The Kier molecular flexibility index (Phi) is 6.79. The highest BCUT2D eigenvalue weighted by Gasteiger charge is 2.49. The van der Waals surface area contributed by atoms with Crippen molar-refractivity contribution in [1.82, 2.24) is 0 Å². The van der Waals surface area contributed by atoms with E-state index in [1.165, 1.54) is 5.56 Å². The average Bonchev–Trinajstić information content (AvgIpc) is 3.26. The molecule has 13 rings (SSSR count). The molecule has 0 saturated carbocycles. The zero-order valence-electron chi connectivity index (χ0n) is 33.3. The third-order valence-corrected chi connectivity index (χ3v) is 12.7. The molecular formula is C52H36B2N2O4. The Balaban J connectivity index is 1.08. The molecular weight excluding hydrogens is 738 g/mol. The lowest BCUT2D eigenvalue weighted by molar-refractivity contribution is 0.451. The number of ether oxygens (including phenoxy) is 4. The van der Waals surface area contributed by atoms with Gasteiger partial charge in [0, 0.05) is 57.6 Å². The minimum Gasteiger partial charge on any atom is -0.458 e. The van der Waals surface area contributed by atoms with Crippen LogP contribution in [0.3, 0.4) is 0 Å². The van der Waals surface area contributed by atoms with Gasteiger partial charge in [-0.1, -0.05) is 93.6 Å². The second-order valence-corrected chi connectivity index (χ2v) is 17.2. The Morgan fingerprint density at radius 3 is 1.50 bits per heavy atom. The molecule has 0 fully saturated rings. The number of hydrogen-bond donors (Lipinski definition) is 0. The summed E-state index contributed by atoms with van der Waals surface area (Å²) < 4.78 is 28.5. The lowest BCUT2D eigenvalue weighted by Gasteiger charge is -2.43. The van der Waals surface area contributed by atoms with Crippen molar-refractivity contribution < 1.29 is 18.9 Å². The van der Waals surface area contributed by atoms with Gasteiger partial charge in [-0.3, -0.25) is 0 Å². The maximum Gasteiger partial charge on any atom is 0.265 e. The molecule has 5 aliphatic heterocycles. The maximum absolute atomic E-state index is 7.29. The molecule has 8 aromatic carbocycles. The van der Waals surface area contributed by atoms with E-state index >= 15 is 0 Å². The van der Waals surface area contributed by atoms with E-state index in [1.807, 2.05) is 18.2 Å². The summed E-state index contributed by atoms with van der Waals surface area (Å²) in [6, 6.07) is 57.5. The number of nitrogens with zero attached hydrogens (tertiary/aromatic N) is 2. The van der Waals surface area contributed by atoms with E-state index in [9.17, 15) is 0 Å². The van der Waals surface area contributed by atoms with Gasteiger partial charge in [-0.15, -0.1) is 0 Å². The van der Waals surface area contributed by atoms with Crippen molar-refractivity contribution in [3.63, 3.8) is 0 Å². The molecule has 0 N–H and O–H groups in total. The zero-order chi connectivity index (χ0) is 39.9. The SMILES string of the molecule is CC(C)(C)c1cc2c3c(c1)N(c1ccccc1)c1cccc4c1B3c1cc3c(cc1O2)Oc1cc(N(c2ccccc2)c2ccccc2)cc2c1B3c1c(cccc1O4)O2. The molecule has 5 heterocycles. The Hall–Kier alpha value is -7.31. The Bertz CT molecular complexity index is 3070. The molecule has 0 atom stereocenters. The molecule has 0 aliphatic carbocycles. The van der Waals surface area contributed by atoms with Crippen molar-refractivity contribution >= 4 is 80.3 Å². The molecule has 0 unspecified atom stereocenters. The van der Waals surface area contributed by atoms with Crippen LogP contribution in [0.25, 0.3) is 0 Å². The third kappa shape index (κ3) is 4.73. The molecule has 60 heavy (non-hydrogen) atoms. The summed E-state index contributed by atoms with van der Waals surface area (Å²) in [5, 5.41) is 0. The van der Waals surface area contributed by atoms with Crippen molar-refractivity contribution in [1.29, 1.82) is 0 Å². The highest BCUT2D eigenvalue weighted by molar-refractivity contribution is 7.02. The lowest BCUT2D eigenvalue weighted by Crippen LogP contribution is -2.63. The highest BCUT2D eigenvalue weighted by atomic mass is 16.5. The average molecular weight is 774 g/mol. The predicted octanol–water partition coefficient (Wildman–Crippen LogP) is 9.69. The molecule has 0 spiro atoms. The van der Waals surface area contributed by atoms with Crippen molar-refractivity contribution in [2.75, 3.05) is 9.80 Å². The van der Waals surface area contributed by atoms with Crippen LogP contribution in [0, 0.1) is 0 Å². The quantitative estimate of drug-likeness (QED) is 0.166. The second-order valence-electron chi connectivity index (χ2n) is 17.2. The van der Waals surface area contributed by atoms with Gasteiger partial charge in [-0.25, -0.2) is 0 Å². The van der Waals surface area contributed by atoms with Gasteiger partial charge in [0.25, 0.3) is 13.4 Å². The molecule has 6 nitrogen and oxygen atoms in total. The summed E-state index contributed by atoms with van der Waals surface area (Å²) in [6.45, 7) is 6.40. The molecule has 0 aromatic heterocycles. The first-order chi connectivity index (χ1) is 29.4. The normalized spacial score (nSPS) is 14.0. The third-order valence-electron chi connectivity index (χ3n) is 12.7.